The van der Waals surface area contributed by atoms with E-state index in [4.69, 9.17) is 0 Å². The molecule has 2 aliphatic heterocycles. The van der Waals surface area contributed by atoms with Crippen molar-refractivity contribution in [1.29, 1.82) is 0 Å². The van der Waals surface area contributed by atoms with Gasteiger partial charge in [0.1, 0.15) is 11.5 Å². The Morgan fingerprint density at radius 1 is 1.04 bits per heavy atom. The van der Waals surface area contributed by atoms with Gasteiger partial charge in [-0.3, -0.25) is 9.69 Å². The molecule has 1 aliphatic carbocycles. The summed E-state index contributed by atoms with van der Waals surface area (Å²) < 4.78 is 15.3. The molecule has 0 bridgehead atoms. The number of hydrogen-bond acceptors (Lipinski definition) is 2. The van der Waals surface area contributed by atoms with E-state index in [1.54, 1.807) is 0 Å². The van der Waals surface area contributed by atoms with E-state index in [1.165, 1.54) is 25.0 Å². The topological polar surface area (TPSA) is 28.5 Å². The number of rotatable bonds is 4. The lowest BCUT2D eigenvalue weighted by molar-refractivity contribution is 0.0565. The molecule has 2 aromatic rings. The van der Waals surface area contributed by atoms with Gasteiger partial charge in [0.2, 0.25) is 0 Å². The first kappa shape index (κ1) is 15.1. The van der Waals surface area contributed by atoms with Crippen molar-refractivity contribution in [3.05, 3.63) is 59.7 Å². The first-order chi connectivity index (χ1) is 12.2. The number of aromatic nitrogens is 1. The molecule has 2 atom stereocenters. The number of carbonyl (C=O) groups excluding carboxylic acids is 1. The van der Waals surface area contributed by atoms with E-state index in [0.717, 1.165) is 37.4 Å². The van der Waals surface area contributed by atoms with Crippen LogP contribution in [0.15, 0.2) is 42.6 Å². The van der Waals surface area contributed by atoms with Crippen molar-refractivity contribution in [3.63, 3.8) is 0 Å². The van der Waals surface area contributed by atoms with Crippen molar-refractivity contribution < 1.29 is 9.18 Å². The van der Waals surface area contributed by atoms with Gasteiger partial charge in [0.15, 0.2) is 0 Å². The van der Waals surface area contributed by atoms with Crippen molar-refractivity contribution >= 4 is 5.91 Å². The van der Waals surface area contributed by atoms with Crippen molar-refractivity contribution in [2.75, 3.05) is 19.6 Å². The predicted molar refractivity (Wildman–Crippen MR) is 92.7 cm³/mol. The maximum absolute atomic E-state index is 13.1. The molecule has 1 saturated carbocycles. The maximum Gasteiger partial charge on any atom is 0.270 e. The molecule has 2 fully saturated rings. The molecule has 0 radical (unpaired) electrons. The first-order valence-corrected chi connectivity index (χ1v) is 9.13. The molecule has 5 rings (SSSR count). The molecule has 0 N–H and O–H groups in total. The number of likely N-dealkylation sites (tertiary alicyclic amines) is 1. The minimum atomic E-state index is -0.197. The predicted octanol–water partition coefficient (Wildman–Crippen LogP) is 2.92. The molecular formula is C20H22FN3O. The van der Waals surface area contributed by atoms with E-state index >= 15 is 0 Å². The van der Waals surface area contributed by atoms with Gasteiger partial charge in [0.25, 0.3) is 5.91 Å². The molecule has 130 valence electrons. The largest absolute Gasteiger partial charge is 0.337 e. The summed E-state index contributed by atoms with van der Waals surface area (Å²) >= 11 is 0. The fourth-order valence-corrected chi connectivity index (χ4v) is 4.36. The van der Waals surface area contributed by atoms with E-state index in [1.807, 2.05) is 30.5 Å². The van der Waals surface area contributed by atoms with Gasteiger partial charge in [0, 0.05) is 32.4 Å². The number of nitrogens with zero attached hydrogens (tertiary/aromatic N) is 3. The summed E-state index contributed by atoms with van der Waals surface area (Å²) in [5, 5.41) is 0. The molecule has 3 aliphatic rings. The smallest absolute Gasteiger partial charge is 0.270 e. The molecule has 25 heavy (non-hydrogen) atoms. The lowest BCUT2D eigenvalue weighted by atomic mass is 10.1. The Hall–Kier alpha value is -2.14. The summed E-state index contributed by atoms with van der Waals surface area (Å²) in [7, 11) is 0. The summed E-state index contributed by atoms with van der Waals surface area (Å²) in [4.78, 5) is 17.5. The van der Waals surface area contributed by atoms with Crippen molar-refractivity contribution in [1.82, 2.24) is 14.4 Å². The van der Waals surface area contributed by atoms with E-state index in [2.05, 4.69) is 14.4 Å². The zero-order chi connectivity index (χ0) is 17.0. The van der Waals surface area contributed by atoms with Crippen molar-refractivity contribution in [3.8, 4) is 0 Å². The average Bonchev–Trinajstić information content (AvgIpc) is 3.12. The molecule has 2 unspecified atom stereocenters. The number of amides is 1. The Labute approximate surface area is 146 Å². The quantitative estimate of drug-likeness (QED) is 0.857. The third-order valence-corrected chi connectivity index (χ3v) is 5.82. The fraction of sp³-hybridized carbons (Fsp3) is 0.450. The van der Waals surface area contributed by atoms with Crippen LogP contribution in [-0.2, 0) is 6.54 Å². The molecule has 1 amide bonds. The van der Waals surface area contributed by atoms with Crippen LogP contribution in [0, 0.1) is 11.7 Å². The number of carbonyl (C=O) groups is 1. The second-order valence-corrected chi connectivity index (χ2v) is 7.66. The summed E-state index contributed by atoms with van der Waals surface area (Å²) in [6, 6.07) is 11.2. The van der Waals surface area contributed by atoms with Crippen LogP contribution in [0.2, 0.25) is 0 Å². The highest BCUT2D eigenvalue weighted by atomic mass is 19.1. The van der Waals surface area contributed by atoms with Crippen LogP contribution >= 0.6 is 0 Å². The second kappa shape index (κ2) is 5.70. The lowest BCUT2D eigenvalue weighted by Crippen LogP contribution is -2.51. The average molecular weight is 339 g/mol. The number of halogens is 1. The van der Waals surface area contributed by atoms with Crippen LogP contribution in [0.25, 0.3) is 0 Å². The van der Waals surface area contributed by atoms with Crippen LogP contribution in [0.3, 0.4) is 0 Å². The molecule has 0 spiro atoms. The van der Waals surface area contributed by atoms with Crippen LogP contribution in [0.1, 0.15) is 34.9 Å². The van der Waals surface area contributed by atoms with Gasteiger partial charge in [-0.25, -0.2) is 4.39 Å². The van der Waals surface area contributed by atoms with E-state index in [9.17, 15) is 9.18 Å². The highest BCUT2D eigenvalue weighted by Gasteiger charge is 2.46. The zero-order valence-corrected chi connectivity index (χ0v) is 14.1. The standard InChI is InChI=1S/C20H22FN3O/c21-16-7-5-14(6-8-16)10-22-12-18-19(13-22)24(11-15-3-4-15)20(25)17-2-1-9-23(17)18/h1-2,5-9,15,18-19H,3-4,10-13H2. The molecule has 4 nitrogen and oxygen atoms in total. The number of benzene rings is 1. The normalized spacial score (nSPS) is 26.0. The minimum absolute atomic E-state index is 0.182. The minimum Gasteiger partial charge on any atom is -0.337 e. The van der Waals surface area contributed by atoms with Gasteiger partial charge >= 0.3 is 0 Å². The van der Waals surface area contributed by atoms with E-state index in [0.29, 0.717) is 12.0 Å². The SMILES string of the molecule is O=C1c2cccn2C2CN(Cc3ccc(F)cc3)CC2N1CC1CC1. The Morgan fingerprint density at radius 3 is 2.56 bits per heavy atom. The Balaban J connectivity index is 1.40. The van der Waals surface area contributed by atoms with Crippen molar-refractivity contribution in [2.45, 2.75) is 31.5 Å². The highest BCUT2D eigenvalue weighted by Crippen LogP contribution is 2.38. The van der Waals surface area contributed by atoms with Gasteiger partial charge < -0.3 is 9.47 Å². The van der Waals surface area contributed by atoms with Gasteiger partial charge in [-0.15, -0.1) is 0 Å². The van der Waals surface area contributed by atoms with Crippen LogP contribution in [0.4, 0.5) is 4.39 Å². The Kier molecular flexibility index (Phi) is 3.45. The van der Waals surface area contributed by atoms with Gasteiger partial charge in [0.05, 0.1) is 12.1 Å². The van der Waals surface area contributed by atoms with Crippen LogP contribution in [0.5, 0.6) is 0 Å². The number of fused-ring (bicyclic) bond motifs is 3. The highest BCUT2D eigenvalue weighted by molar-refractivity contribution is 5.94. The Morgan fingerprint density at radius 2 is 1.80 bits per heavy atom. The fourth-order valence-electron chi connectivity index (χ4n) is 4.36. The molecule has 5 heteroatoms. The van der Waals surface area contributed by atoms with E-state index in [-0.39, 0.29) is 17.8 Å². The molecular weight excluding hydrogens is 317 g/mol. The summed E-state index contributed by atoms with van der Waals surface area (Å²) in [5.74, 6) is 0.677. The lowest BCUT2D eigenvalue weighted by Gasteiger charge is -2.38. The molecule has 3 heterocycles. The summed E-state index contributed by atoms with van der Waals surface area (Å²) in [5.41, 5.74) is 1.94. The molecule has 1 saturated heterocycles. The van der Waals surface area contributed by atoms with Crippen LogP contribution in [-0.4, -0.2) is 46.0 Å². The molecule has 1 aromatic heterocycles. The zero-order valence-electron chi connectivity index (χ0n) is 14.1. The number of hydrogen-bond donors (Lipinski definition) is 0. The van der Waals surface area contributed by atoms with Gasteiger partial charge in [-0.05, 0) is 48.6 Å². The maximum atomic E-state index is 13.1. The molecule has 1 aromatic carbocycles. The monoisotopic (exact) mass is 339 g/mol. The Bertz CT molecular complexity index is 796. The second-order valence-electron chi connectivity index (χ2n) is 7.66. The summed E-state index contributed by atoms with van der Waals surface area (Å²) in [6.07, 6.45) is 4.55. The summed E-state index contributed by atoms with van der Waals surface area (Å²) in [6.45, 7) is 3.52. The van der Waals surface area contributed by atoms with Gasteiger partial charge in [-0.1, -0.05) is 12.1 Å². The van der Waals surface area contributed by atoms with Crippen LogP contribution < -0.4 is 0 Å². The van der Waals surface area contributed by atoms with Gasteiger partial charge in [-0.2, -0.15) is 0 Å². The third-order valence-electron chi connectivity index (χ3n) is 5.82. The van der Waals surface area contributed by atoms with E-state index < -0.39 is 0 Å². The van der Waals surface area contributed by atoms with Crippen molar-refractivity contribution in [2.24, 2.45) is 5.92 Å². The first-order valence-electron chi connectivity index (χ1n) is 9.13. The third kappa shape index (κ3) is 2.67.